The number of rotatable bonds is 7. The molecule has 44 heavy (non-hydrogen) atoms. The van der Waals surface area contributed by atoms with E-state index in [1.807, 2.05) is 24.3 Å². The minimum Gasteiger partial charge on any atom is -0.486 e. The molecular formula is C35H38N2O7. The summed E-state index contributed by atoms with van der Waals surface area (Å²) in [7, 11) is 0. The molecule has 2 amide bonds. The highest BCUT2D eigenvalue weighted by Crippen LogP contribution is 2.61. The number of hydrogen-bond donors (Lipinski definition) is 3. The minimum atomic E-state index is -1.18. The molecular weight excluding hydrogens is 560 g/mol. The van der Waals surface area contributed by atoms with Crippen molar-refractivity contribution in [1.82, 2.24) is 10.2 Å². The van der Waals surface area contributed by atoms with Crippen molar-refractivity contribution in [3.05, 3.63) is 87.8 Å². The van der Waals surface area contributed by atoms with Gasteiger partial charge in [0.2, 0.25) is 5.91 Å². The number of nitrogens with one attached hydrogen (secondary N) is 1. The zero-order valence-electron chi connectivity index (χ0n) is 24.9. The normalized spacial score (nSPS) is 29.5. The molecule has 3 aromatic rings. The monoisotopic (exact) mass is 598 g/mol. The van der Waals surface area contributed by atoms with E-state index in [1.165, 1.54) is 0 Å². The zero-order valence-corrected chi connectivity index (χ0v) is 24.9. The first-order valence-corrected chi connectivity index (χ1v) is 15.6. The van der Waals surface area contributed by atoms with Crippen molar-refractivity contribution >= 4 is 22.8 Å². The first-order valence-electron chi connectivity index (χ1n) is 15.6. The van der Waals surface area contributed by atoms with Crippen LogP contribution in [0.1, 0.15) is 54.9 Å². The lowest BCUT2D eigenvalue weighted by atomic mass is 9.45. The van der Waals surface area contributed by atoms with E-state index in [9.17, 15) is 24.6 Å². The van der Waals surface area contributed by atoms with Gasteiger partial charge in [0.05, 0.1) is 18.6 Å². The lowest BCUT2D eigenvalue weighted by molar-refractivity contribution is -0.119. The van der Waals surface area contributed by atoms with Crippen LogP contribution in [0.25, 0.3) is 11.0 Å². The van der Waals surface area contributed by atoms with Crippen molar-refractivity contribution in [3.8, 4) is 5.75 Å². The molecule has 1 aliphatic heterocycles. The third kappa shape index (κ3) is 4.56. The molecule has 230 valence electrons. The van der Waals surface area contributed by atoms with Gasteiger partial charge in [0, 0.05) is 29.6 Å². The Bertz CT molecular complexity index is 1710. The molecule has 5 aliphatic rings. The third-order valence-corrected chi connectivity index (χ3v) is 10.8. The van der Waals surface area contributed by atoms with Crippen LogP contribution < -0.4 is 15.7 Å². The number of benzene rings is 2. The number of hydrogen-bond acceptors (Lipinski definition) is 7. The quantitative estimate of drug-likeness (QED) is 0.354. The maximum Gasteiger partial charge on any atom is 0.349 e. The molecule has 3 fully saturated rings. The van der Waals surface area contributed by atoms with Crippen LogP contribution in [-0.4, -0.2) is 64.9 Å². The van der Waals surface area contributed by atoms with Crippen LogP contribution in [0.2, 0.25) is 0 Å². The molecule has 7 atom stereocenters. The number of fused-ring (bicyclic) bond motifs is 6. The van der Waals surface area contributed by atoms with Crippen LogP contribution in [0, 0.1) is 23.2 Å². The molecule has 2 aromatic carbocycles. The Morgan fingerprint density at radius 1 is 1.09 bits per heavy atom. The van der Waals surface area contributed by atoms with Gasteiger partial charge in [0.25, 0.3) is 5.91 Å². The van der Waals surface area contributed by atoms with Crippen LogP contribution in [0.15, 0.2) is 75.5 Å². The van der Waals surface area contributed by atoms with E-state index in [0.717, 1.165) is 24.8 Å². The van der Waals surface area contributed by atoms with Gasteiger partial charge in [0.1, 0.15) is 29.1 Å². The van der Waals surface area contributed by atoms with Crippen molar-refractivity contribution in [2.75, 3.05) is 19.7 Å². The average Bonchev–Trinajstić information content (AvgIpc) is 3.42. The predicted octanol–water partition coefficient (Wildman–Crippen LogP) is 3.63. The van der Waals surface area contributed by atoms with Gasteiger partial charge in [-0.05, 0) is 66.7 Å². The molecule has 9 nitrogen and oxygen atoms in total. The Balaban J connectivity index is 1.33. The maximum absolute atomic E-state index is 14.5. The fourth-order valence-corrected chi connectivity index (χ4v) is 8.33. The second-order valence-corrected chi connectivity index (χ2v) is 13.3. The van der Waals surface area contributed by atoms with E-state index in [-0.39, 0.29) is 30.0 Å². The van der Waals surface area contributed by atoms with Crippen molar-refractivity contribution in [3.63, 3.8) is 0 Å². The summed E-state index contributed by atoms with van der Waals surface area (Å²) in [4.78, 5) is 42.9. The lowest BCUT2D eigenvalue weighted by Gasteiger charge is -2.61. The molecule has 9 heteroatoms. The second kappa shape index (κ2) is 10.9. The van der Waals surface area contributed by atoms with E-state index in [1.54, 1.807) is 41.3 Å². The Morgan fingerprint density at radius 2 is 1.86 bits per heavy atom. The molecule has 1 aromatic heterocycles. The van der Waals surface area contributed by atoms with E-state index < -0.39 is 41.6 Å². The van der Waals surface area contributed by atoms with Crippen molar-refractivity contribution in [2.24, 2.45) is 23.2 Å². The summed E-state index contributed by atoms with van der Waals surface area (Å²) in [6, 6.07) is 15.0. The summed E-state index contributed by atoms with van der Waals surface area (Å²) in [6.45, 7) is 4.73. The lowest BCUT2D eigenvalue weighted by Crippen LogP contribution is -2.60. The molecule has 2 bridgehead atoms. The Kier molecular flexibility index (Phi) is 7.13. The highest BCUT2D eigenvalue weighted by atomic mass is 16.5. The standard InChI is InChI=1S/C35H38N2O7/c1-35(2)21-12-11-20(25(35)16-21)18-37(33(41)24-15-19-7-3-5-9-27(19)44-34(24)42)26-17-23(32(40)36-13-14-38)29-22-8-4-6-10-28(22)43-31(29)30(26)39/h3-10,15,17,20-21,25-26,29-31,38-39H,11-14,16,18H2,1-2H3,(H,36,40)/t20-,21-,25-,26+,29-,30-,31-/m0/s1. The van der Waals surface area contributed by atoms with Gasteiger partial charge in [-0.25, -0.2) is 4.79 Å². The summed E-state index contributed by atoms with van der Waals surface area (Å²) in [6.07, 6.45) is 2.77. The number of carbonyl (C=O) groups excluding carboxylic acids is 2. The molecule has 8 rings (SSSR count). The van der Waals surface area contributed by atoms with Crippen LogP contribution >= 0.6 is 0 Å². The first-order chi connectivity index (χ1) is 21.2. The fraction of sp³-hybridized carbons (Fsp3) is 0.457. The molecule has 0 saturated heterocycles. The SMILES string of the molecule is CC1(C)[C@H]2CC[C@@H](CN(C(=O)c3cc4ccccc4oc3=O)[C@@H]3C=C(C(=O)NCCO)[C@@H]4c5ccccc5O[C@@H]4[C@H]3O)[C@@H]1C2. The number of nitrogens with zero attached hydrogens (tertiary/aromatic N) is 1. The van der Waals surface area contributed by atoms with Crippen LogP contribution in [0.5, 0.6) is 5.75 Å². The van der Waals surface area contributed by atoms with Crippen molar-refractivity contribution in [1.29, 1.82) is 0 Å². The van der Waals surface area contributed by atoms with Gasteiger partial charge in [-0.1, -0.05) is 50.2 Å². The molecule has 3 saturated carbocycles. The topological polar surface area (TPSA) is 129 Å². The van der Waals surface area contributed by atoms with Gasteiger partial charge in [-0.15, -0.1) is 0 Å². The van der Waals surface area contributed by atoms with Crippen molar-refractivity contribution in [2.45, 2.75) is 57.3 Å². The number of para-hydroxylation sites is 2. The fourth-order valence-electron chi connectivity index (χ4n) is 8.33. The number of ether oxygens (including phenoxy) is 1. The van der Waals surface area contributed by atoms with Crippen LogP contribution in [0.4, 0.5) is 0 Å². The van der Waals surface area contributed by atoms with Gasteiger partial charge >= 0.3 is 5.63 Å². The molecule has 0 radical (unpaired) electrons. The minimum absolute atomic E-state index is 0.0596. The number of amides is 2. The molecule has 0 unspecified atom stereocenters. The average molecular weight is 599 g/mol. The third-order valence-electron chi connectivity index (χ3n) is 10.8. The Hall–Kier alpha value is -3.95. The highest BCUT2D eigenvalue weighted by molar-refractivity contribution is 5.98. The summed E-state index contributed by atoms with van der Waals surface area (Å²) >= 11 is 0. The summed E-state index contributed by atoms with van der Waals surface area (Å²) < 4.78 is 11.8. The van der Waals surface area contributed by atoms with Gasteiger partial charge in [0.15, 0.2) is 0 Å². The smallest absolute Gasteiger partial charge is 0.349 e. The first kappa shape index (κ1) is 28.8. The Labute approximate surface area is 255 Å². The summed E-state index contributed by atoms with van der Waals surface area (Å²) in [5, 5.41) is 24.7. The van der Waals surface area contributed by atoms with Crippen LogP contribution in [-0.2, 0) is 4.79 Å². The summed E-state index contributed by atoms with van der Waals surface area (Å²) in [5.74, 6) is 0.302. The second-order valence-electron chi connectivity index (χ2n) is 13.3. The van der Waals surface area contributed by atoms with Gasteiger partial charge in [-0.2, -0.15) is 0 Å². The Morgan fingerprint density at radius 3 is 2.64 bits per heavy atom. The molecule has 2 heterocycles. The highest BCUT2D eigenvalue weighted by Gasteiger charge is 2.56. The van der Waals surface area contributed by atoms with Crippen LogP contribution in [0.3, 0.4) is 0 Å². The van der Waals surface area contributed by atoms with E-state index >= 15 is 0 Å². The van der Waals surface area contributed by atoms with Crippen molar-refractivity contribution < 1.29 is 29.0 Å². The zero-order chi connectivity index (χ0) is 30.7. The van der Waals surface area contributed by atoms with E-state index in [4.69, 9.17) is 9.15 Å². The number of aliphatic hydroxyl groups excluding tert-OH is 2. The predicted molar refractivity (Wildman–Crippen MR) is 163 cm³/mol. The summed E-state index contributed by atoms with van der Waals surface area (Å²) in [5.41, 5.74) is 0.814. The van der Waals surface area contributed by atoms with E-state index in [0.29, 0.717) is 40.7 Å². The maximum atomic E-state index is 14.5. The van der Waals surface area contributed by atoms with E-state index in [2.05, 4.69) is 19.2 Å². The molecule has 4 aliphatic carbocycles. The largest absolute Gasteiger partial charge is 0.486 e. The molecule has 3 N–H and O–H groups in total. The van der Waals surface area contributed by atoms with Gasteiger partial charge in [-0.3, -0.25) is 9.59 Å². The number of aliphatic hydroxyl groups is 2. The molecule has 0 spiro atoms. The number of carbonyl (C=O) groups is 2. The van der Waals surface area contributed by atoms with Gasteiger partial charge < -0.3 is 29.6 Å².